The zero-order valence-corrected chi connectivity index (χ0v) is 19.6. The Morgan fingerprint density at radius 2 is 2.00 bits per heavy atom. The number of oxazole rings is 1. The van der Waals surface area contributed by atoms with Crippen LogP contribution in [0.15, 0.2) is 73.9 Å². The van der Waals surface area contributed by atoms with Crippen LogP contribution in [-0.2, 0) is 17.0 Å². The third-order valence-corrected chi connectivity index (χ3v) is 7.64. The Labute approximate surface area is 196 Å². The monoisotopic (exact) mass is 481 g/mol. The first-order chi connectivity index (χ1) is 15.7. The van der Waals surface area contributed by atoms with E-state index in [9.17, 15) is 4.79 Å². The number of hydrogen-bond donors (Lipinski definition) is 0. The number of thiophene rings is 2. The molecule has 0 aliphatic carbocycles. The zero-order valence-electron chi connectivity index (χ0n) is 17.2. The Balaban J connectivity index is 1.49. The van der Waals surface area contributed by atoms with E-state index in [1.54, 1.807) is 29.3 Å². The van der Waals surface area contributed by atoms with Gasteiger partial charge >= 0.3 is 0 Å². The number of aromatic nitrogens is 3. The smallest absolute Gasteiger partial charge is 0.263 e. The average molecular weight is 482 g/mol. The lowest BCUT2D eigenvalue weighted by Gasteiger charge is -2.11. The molecule has 162 valence electrons. The Morgan fingerprint density at radius 1 is 1.12 bits per heavy atom. The molecule has 0 fully saturated rings. The van der Waals surface area contributed by atoms with Crippen molar-refractivity contribution < 1.29 is 9.15 Å². The number of thioether (sulfide) groups is 1. The summed E-state index contributed by atoms with van der Waals surface area (Å²) < 4.78 is 12.6. The molecule has 4 heterocycles. The van der Waals surface area contributed by atoms with Crippen molar-refractivity contribution in [3.8, 4) is 21.9 Å². The average Bonchev–Trinajstić information content (AvgIpc) is 3.58. The molecule has 0 spiro atoms. The van der Waals surface area contributed by atoms with E-state index in [4.69, 9.17) is 14.1 Å². The van der Waals surface area contributed by atoms with E-state index in [2.05, 4.69) is 4.98 Å². The lowest BCUT2D eigenvalue weighted by molar-refractivity contribution is 0.183. The fraction of sp³-hybridized carbons (Fsp3) is 0.174. The van der Waals surface area contributed by atoms with Gasteiger partial charge in [-0.05, 0) is 17.0 Å². The van der Waals surface area contributed by atoms with E-state index >= 15 is 0 Å². The predicted octanol–water partition coefficient (Wildman–Crippen LogP) is 5.78. The molecule has 4 aromatic heterocycles. The summed E-state index contributed by atoms with van der Waals surface area (Å²) in [4.78, 5) is 24.7. The molecule has 6 nitrogen and oxygen atoms in total. The van der Waals surface area contributed by atoms with Crippen molar-refractivity contribution in [1.29, 1.82) is 0 Å². The summed E-state index contributed by atoms with van der Waals surface area (Å²) in [6.45, 7) is 0.863. The van der Waals surface area contributed by atoms with E-state index in [1.165, 1.54) is 23.1 Å². The maximum atomic E-state index is 13.5. The van der Waals surface area contributed by atoms with Crippen LogP contribution in [0.5, 0.6) is 0 Å². The maximum absolute atomic E-state index is 13.5. The molecule has 0 aliphatic rings. The molecule has 0 saturated carbocycles. The lowest BCUT2D eigenvalue weighted by Crippen LogP contribution is -2.25. The van der Waals surface area contributed by atoms with Crippen molar-refractivity contribution in [3.05, 3.63) is 75.5 Å². The van der Waals surface area contributed by atoms with Crippen LogP contribution in [-0.4, -0.2) is 28.3 Å². The van der Waals surface area contributed by atoms with E-state index < -0.39 is 0 Å². The van der Waals surface area contributed by atoms with Crippen LogP contribution in [0.1, 0.15) is 5.69 Å². The van der Waals surface area contributed by atoms with Gasteiger partial charge in [-0.15, -0.1) is 22.7 Å². The van der Waals surface area contributed by atoms with Gasteiger partial charge in [0.25, 0.3) is 5.56 Å². The van der Waals surface area contributed by atoms with E-state index in [0.29, 0.717) is 35.3 Å². The number of fused-ring (bicyclic) bond motifs is 1. The fourth-order valence-corrected chi connectivity index (χ4v) is 5.90. The molecule has 9 heteroatoms. The number of benzene rings is 1. The van der Waals surface area contributed by atoms with Gasteiger partial charge < -0.3 is 9.15 Å². The first-order valence-corrected chi connectivity index (χ1v) is 12.7. The largest absolute Gasteiger partial charge is 0.444 e. The first kappa shape index (κ1) is 21.1. The summed E-state index contributed by atoms with van der Waals surface area (Å²) >= 11 is 4.56. The SMILES string of the molecule is COCCn1c(SCc2coc(-c3cccs3)n2)nc2scc(-c3ccccc3)c2c1=O. The summed E-state index contributed by atoms with van der Waals surface area (Å²) in [5, 5.41) is 5.31. The van der Waals surface area contributed by atoms with Gasteiger partial charge in [-0.25, -0.2) is 9.97 Å². The van der Waals surface area contributed by atoms with E-state index in [0.717, 1.165) is 26.5 Å². The minimum Gasteiger partial charge on any atom is -0.444 e. The predicted molar refractivity (Wildman–Crippen MR) is 131 cm³/mol. The van der Waals surface area contributed by atoms with Crippen molar-refractivity contribution in [3.63, 3.8) is 0 Å². The molecule has 5 aromatic rings. The van der Waals surface area contributed by atoms with Crippen LogP contribution < -0.4 is 5.56 Å². The van der Waals surface area contributed by atoms with Crippen LogP contribution in [0.25, 0.3) is 32.1 Å². The van der Waals surface area contributed by atoms with Gasteiger partial charge in [-0.1, -0.05) is 48.2 Å². The molecule has 0 amide bonds. The van der Waals surface area contributed by atoms with Crippen LogP contribution in [0.3, 0.4) is 0 Å². The van der Waals surface area contributed by atoms with Crippen molar-refractivity contribution in [2.75, 3.05) is 13.7 Å². The Kier molecular flexibility index (Phi) is 6.22. The van der Waals surface area contributed by atoms with Gasteiger partial charge in [-0.3, -0.25) is 9.36 Å². The van der Waals surface area contributed by atoms with Gasteiger partial charge in [-0.2, -0.15) is 0 Å². The highest BCUT2D eigenvalue weighted by molar-refractivity contribution is 7.98. The van der Waals surface area contributed by atoms with Gasteiger partial charge in [0, 0.05) is 23.8 Å². The topological polar surface area (TPSA) is 70.2 Å². The van der Waals surface area contributed by atoms with Crippen LogP contribution in [0.4, 0.5) is 0 Å². The second kappa shape index (κ2) is 9.41. The molecule has 0 saturated heterocycles. The van der Waals surface area contributed by atoms with Crippen LogP contribution >= 0.6 is 34.4 Å². The first-order valence-electron chi connectivity index (χ1n) is 9.92. The van der Waals surface area contributed by atoms with E-state index in [-0.39, 0.29) is 5.56 Å². The Bertz CT molecular complexity index is 1390. The molecule has 0 aliphatic heterocycles. The molecule has 0 unspecified atom stereocenters. The van der Waals surface area contributed by atoms with Crippen LogP contribution in [0, 0.1) is 0 Å². The standard InChI is InChI=1S/C23H19N3O3S3/c1-28-10-9-26-22(27)19-17(15-6-3-2-4-7-15)14-31-21(19)25-23(26)32-13-16-12-29-20(24-16)18-8-5-11-30-18/h2-8,11-12,14H,9-10,13H2,1H3. The zero-order chi connectivity index (χ0) is 21.9. The van der Waals surface area contributed by atoms with E-state index in [1.807, 2.05) is 53.2 Å². The minimum absolute atomic E-state index is 0.0471. The third-order valence-electron chi connectivity index (χ3n) is 4.90. The summed E-state index contributed by atoms with van der Waals surface area (Å²) in [6.07, 6.45) is 1.66. The molecular formula is C23H19N3O3S3. The normalized spacial score (nSPS) is 11.4. The van der Waals surface area contributed by atoms with Gasteiger partial charge in [0.05, 0.1) is 29.1 Å². The number of hydrogen-bond acceptors (Lipinski definition) is 8. The third kappa shape index (κ3) is 4.16. The highest BCUT2D eigenvalue weighted by Gasteiger charge is 2.18. The molecule has 0 radical (unpaired) electrons. The second-order valence-electron chi connectivity index (χ2n) is 6.95. The number of methoxy groups -OCH3 is 1. The van der Waals surface area contributed by atoms with Crippen molar-refractivity contribution >= 4 is 44.7 Å². The molecule has 0 N–H and O–H groups in total. The molecule has 0 bridgehead atoms. The highest BCUT2D eigenvalue weighted by atomic mass is 32.2. The lowest BCUT2D eigenvalue weighted by atomic mass is 10.1. The summed E-state index contributed by atoms with van der Waals surface area (Å²) in [5.74, 6) is 1.16. The summed E-state index contributed by atoms with van der Waals surface area (Å²) in [7, 11) is 1.63. The summed E-state index contributed by atoms with van der Waals surface area (Å²) in [6, 6.07) is 13.9. The number of ether oxygens (including phenoxy) is 1. The molecular weight excluding hydrogens is 462 g/mol. The summed E-state index contributed by atoms with van der Waals surface area (Å²) in [5.41, 5.74) is 2.69. The minimum atomic E-state index is -0.0471. The molecule has 0 atom stereocenters. The molecule has 32 heavy (non-hydrogen) atoms. The number of nitrogens with zero attached hydrogens (tertiary/aromatic N) is 3. The number of rotatable bonds is 8. The van der Waals surface area contributed by atoms with Gasteiger partial charge in [0.15, 0.2) is 5.16 Å². The van der Waals surface area contributed by atoms with Crippen molar-refractivity contribution in [2.24, 2.45) is 0 Å². The van der Waals surface area contributed by atoms with Gasteiger partial charge in [0.2, 0.25) is 5.89 Å². The molecule has 1 aromatic carbocycles. The quantitative estimate of drug-likeness (QED) is 0.207. The van der Waals surface area contributed by atoms with Crippen molar-refractivity contribution in [1.82, 2.24) is 14.5 Å². The fourth-order valence-electron chi connectivity index (χ4n) is 3.35. The highest BCUT2D eigenvalue weighted by Crippen LogP contribution is 2.33. The van der Waals surface area contributed by atoms with Crippen LogP contribution in [0.2, 0.25) is 0 Å². The Morgan fingerprint density at radius 3 is 2.78 bits per heavy atom. The second-order valence-corrected chi connectivity index (χ2v) is 9.70. The van der Waals surface area contributed by atoms with Gasteiger partial charge in [0.1, 0.15) is 11.1 Å². The van der Waals surface area contributed by atoms with Crippen molar-refractivity contribution in [2.45, 2.75) is 17.5 Å². The molecule has 5 rings (SSSR count). The Hall–Kier alpha value is -2.72. The maximum Gasteiger partial charge on any atom is 0.263 e.